The summed E-state index contributed by atoms with van der Waals surface area (Å²) >= 11 is 1.69. The molecular weight excluding hydrogens is 801 g/mol. The van der Waals surface area contributed by atoms with Crippen LogP contribution in [0.5, 0.6) is 17.2 Å². The Hall–Kier alpha value is -5.51. The second-order valence-corrected chi connectivity index (χ2v) is 14.3. The van der Waals surface area contributed by atoms with Crippen molar-refractivity contribution in [3.8, 4) is 17.2 Å². The summed E-state index contributed by atoms with van der Waals surface area (Å²) in [5.41, 5.74) is 14.3. The lowest BCUT2D eigenvalue weighted by Gasteiger charge is -2.10. The number of rotatable bonds is 0. The molecule has 344 valence electrons. The number of ether oxygens (including phenoxy) is 3. The predicted octanol–water partition coefficient (Wildman–Crippen LogP) is 15.6. The van der Waals surface area contributed by atoms with Crippen molar-refractivity contribution in [2.45, 2.75) is 110 Å². The van der Waals surface area contributed by atoms with Crippen LogP contribution in [0.25, 0.3) is 21.1 Å². The summed E-state index contributed by atoms with van der Waals surface area (Å²) < 4.78 is 19.1. The van der Waals surface area contributed by atoms with Crippen LogP contribution in [0, 0.1) is 34.6 Å². The fraction of sp³-hybridized carbons (Fsp3) is 0.389. The lowest BCUT2D eigenvalue weighted by atomic mass is 10.1. The quantitative estimate of drug-likeness (QED) is 0.150. The first-order chi connectivity index (χ1) is 30.5. The topological polar surface area (TPSA) is 61.2 Å². The van der Waals surface area contributed by atoms with E-state index < -0.39 is 0 Å². The standard InChI is InChI=1S/C10H11N.C9H12N2O.C9H10O.C8H7NS.C8H8O2.5C2H6/c1-8-3-4-10-9(7-8)5-6-11(10)2;1-7-4-5-8-9(6-7)11(3)12-10(8)2;1-7-2-3-9-8(6-7)4-5-10-9;2*1-6-2-3-7-8(4-6)10-5-9-7;5*1-2/h3-7H,1-2H3;4-6H,1-3H3;2-3,6H,4-5H2,1H3;2-5H,1H3;2-4H,5H2,1H3;5*1-2H3. The summed E-state index contributed by atoms with van der Waals surface area (Å²) in [6.07, 6.45) is 3.17. The molecule has 8 nitrogen and oxygen atoms in total. The highest BCUT2D eigenvalue weighted by atomic mass is 32.1. The number of nitrogens with zero attached hydrogens (tertiary/aromatic N) is 4. The molecule has 0 radical (unpaired) electrons. The summed E-state index contributed by atoms with van der Waals surface area (Å²) in [6, 6.07) is 33.4. The van der Waals surface area contributed by atoms with Crippen LogP contribution < -0.4 is 24.3 Å². The van der Waals surface area contributed by atoms with Gasteiger partial charge in [0.2, 0.25) is 6.79 Å². The molecule has 0 N–H and O–H groups in total. The van der Waals surface area contributed by atoms with E-state index in [9.17, 15) is 0 Å². The number of fused-ring (bicyclic) bond motifs is 5. The zero-order valence-corrected chi connectivity index (χ0v) is 42.7. The normalized spacial score (nSPS) is 11.4. The Morgan fingerprint density at radius 2 is 1.05 bits per heavy atom. The van der Waals surface area contributed by atoms with Gasteiger partial charge in [0.05, 0.1) is 33.7 Å². The van der Waals surface area contributed by atoms with E-state index in [1.807, 2.05) is 114 Å². The largest absolute Gasteiger partial charge is 0.493 e. The first kappa shape index (κ1) is 55.5. The van der Waals surface area contributed by atoms with Crippen molar-refractivity contribution < 1.29 is 19.1 Å². The molecule has 0 atom stereocenters. The molecule has 7 aromatic rings. The molecule has 0 saturated carbocycles. The van der Waals surface area contributed by atoms with E-state index in [1.54, 1.807) is 21.5 Å². The zero-order valence-electron chi connectivity index (χ0n) is 41.8. The van der Waals surface area contributed by atoms with Crippen LogP contribution in [0.3, 0.4) is 0 Å². The van der Waals surface area contributed by atoms with E-state index in [4.69, 9.17) is 19.1 Å². The van der Waals surface area contributed by atoms with Crippen molar-refractivity contribution in [3.63, 3.8) is 0 Å². The lowest BCUT2D eigenvalue weighted by molar-refractivity contribution is 0.129. The smallest absolute Gasteiger partial charge is 0.231 e. The van der Waals surface area contributed by atoms with Crippen molar-refractivity contribution in [2.75, 3.05) is 37.6 Å². The summed E-state index contributed by atoms with van der Waals surface area (Å²) in [5.74, 6) is 2.79. The molecule has 0 aliphatic carbocycles. The number of thiazole rings is 1. The first-order valence-electron chi connectivity index (χ1n) is 22.7. The molecule has 10 rings (SSSR count). The van der Waals surface area contributed by atoms with Crippen molar-refractivity contribution >= 4 is 43.8 Å². The van der Waals surface area contributed by atoms with Crippen LogP contribution in [0.2, 0.25) is 0 Å². The third-order valence-corrected chi connectivity index (χ3v) is 9.75. The molecule has 2 aromatic heterocycles. The number of hydroxylamine groups is 2. The molecular formula is C54H78N4O4S. The third kappa shape index (κ3) is 17.3. The second kappa shape index (κ2) is 30.5. The summed E-state index contributed by atoms with van der Waals surface area (Å²) in [4.78, 5) is 9.53. The van der Waals surface area contributed by atoms with Gasteiger partial charge in [0.25, 0.3) is 0 Å². The highest BCUT2D eigenvalue weighted by Gasteiger charge is 2.21. The fourth-order valence-electron chi connectivity index (χ4n) is 6.11. The number of anilines is 2. The van der Waals surface area contributed by atoms with Crippen LogP contribution in [-0.4, -0.2) is 37.0 Å². The number of aromatic nitrogens is 2. The third-order valence-electron chi connectivity index (χ3n) is 8.95. The average molecular weight is 879 g/mol. The van der Waals surface area contributed by atoms with Gasteiger partial charge in [-0.1, -0.05) is 117 Å². The molecule has 0 unspecified atom stereocenters. The Bertz CT molecular complexity index is 2260. The van der Waals surface area contributed by atoms with E-state index >= 15 is 0 Å². The second-order valence-electron chi connectivity index (χ2n) is 13.4. The first-order valence-corrected chi connectivity index (χ1v) is 23.6. The molecule has 0 spiro atoms. The Kier molecular flexibility index (Phi) is 26.9. The number of hydrogen-bond donors (Lipinski definition) is 0. The van der Waals surface area contributed by atoms with Crippen molar-refractivity contribution in [1.82, 2.24) is 9.55 Å². The van der Waals surface area contributed by atoms with Gasteiger partial charge in [-0.2, -0.15) is 4.94 Å². The maximum Gasteiger partial charge on any atom is 0.231 e. The van der Waals surface area contributed by atoms with E-state index in [2.05, 4.69) is 129 Å². The van der Waals surface area contributed by atoms with Gasteiger partial charge in [0.1, 0.15) is 5.75 Å². The molecule has 0 saturated heterocycles. The zero-order chi connectivity index (χ0) is 47.5. The Morgan fingerprint density at radius 1 is 0.508 bits per heavy atom. The van der Waals surface area contributed by atoms with E-state index in [0.717, 1.165) is 47.2 Å². The van der Waals surface area contributed by atoms with Gasteiger partial charge >= 0.3 is 0 Å². The minimum absolute atomic E-state index is 0.360. The number of aryl methyl sites for hydroxylation is 6. The average Bonchev–Trinajstić information content (AvgIpc) is 4.18. The van der Waals surface area contributed by atoms with Gasteiger partial charge < -0.3 is 18.8 Å². The van der Waals surface area contributed by atoms with E-state index in [-0.39, 0.29) is 0 Å². The molecule has 0 fully saturated rings. The molecule has 63 heavy (non-hydrogen) atoms. The van der Waals surface area contributed by atoms with E-state index in [1.165, 1.54) is 49.0 Å². The summed E-state index contributed by atoms with van der Waals surface area (Å²) in [7, 11) is 5.87. The molecule has 9 heteroatoms. The van der Waals surface area contributed by atoms with Crippen LogP contribution in [0.1, 0.15) is 103 Å². The van der Waals surface area contributed by atoms with Crippen molar-refractivity contribution in [1.29, 1.82) is 0 Å². The lowest BCUT2D eigenvalue weighted by Crippen LogP contribution is -2.20. The maximum atomic E-state index is 5.35. The van der Waals surface area contributed by atoms with Gasteiger partial charge in [0, 0.05) is 39.3 Å². The van der Waals surface area contributed by atoms with Gasteiger partial charge in [-0.05, 0) is 123 Å². The molecule has 0 amide bonds. The summed E-state index contributed by atoms with van der Waals surface area (Å²) in [5, 5.41) is 4.85. The minimum Gasteiger partial charge on any atom is -0.493 e. The highest BCUT2D eigenvalue weighted by molar-refractivity contribution is 7.16. The Labute approximate surface area is 385 Å². The highest BCUT2D eigenvalue weighted by Crippen LogP contribution is 2.35. The SMILES string of the molecule is CC.CC.CC.CC.CC.Cc1ccc2c(c1)CCO2.Cc1ccc2c(c1)N(C)ON2C.Cc1ccc2c(c1)OCO2.Cc1ccc2c(ccn2C)c1.Cc1ccc2ncsc2c1. The van der Waals surface area contributed by atoms with Crippen LogP contribution in [0.4, 0.5) is 11.4 Å². The van der Waals surface area contributed by atoms with Crippen molar-refractivity contribution in [2.24, 2.45) is 7.05 Å². The minimum atomic E-state index is 0.360. The molecule has 5 heterocycles. The number of hydrogen-bond acceptors (Lipinski definition) is 8. The van der Waals surface area contributed by atoms with Crippen LogP contribution in [-0.2, 0) is 18.4 Å². The molecule has 5 aromatic carbocycles. The van der Waals surface area contributed by atoms with Gasteiger partial charge in [-0.3, -0.25) is 0 Å². The molecule has 3 aliphatic heterocycles. The monoisotopic (exact) mass is 879 g/mol. The molecule has 3 aliphatic rings. The predicted molar refractivity (Wildman–Crippen MR) is 276 cm³/mol. The fourth-order valence-corrected chi connectivity index (χ4v) is 6.88. The molecule has 0 bridgehead atoms. The van der Waals surface area contributed by atoms with Gasteiger partial charge in [-0.15, -0.1) is 11.3 Å². The van der Waals surface area contributed by atoms with Crippen LogP contribution >= 0.6 is 11.3 Å². The summed E-state index contributed by atoms with van der Waals surface area (Å²) in [6.45, 7) is 31.6. The Balaban J connectivity index is 0.000000375. The van der Waals surface area contributed by atoms with Crippen LogP contribution in [0.15, 0.2) is 109 Å². The number of benzene rings is 5. The Morgan fingerprint density at radius 3 is 1.75 bits per heavy atom. The maximum absolute atomic E-state index is 5.35. The van der Waals surface area contributed by atoms with E-state index in [0.29, 0.717) is 6.79 Å². The van der Waals surface area contributed by atoms with Gasteiger partial charge in [0.15, 0.2) is 11.5 Å². The van der Waals surface area contributed by atoms with Gasteiger partial charge in [-0.25, -0.2) is 15.1 Å². The van der Waals surface area contributed by atoms with Crippen molar-refractivity contribution in [3.05, 3.63) is 142 Å².